The van der Waals surface area contributed by atoms with Crippen molar-refractivity contribution in [2.75, 3.05) is 37.9 Å². The van der Waals surface area contributed by atoms with Crippen molar-refractivity contribution in [3.8, 4) is 17.2 Å². The molecule has 4 rings (SSSR count). The Kier molecular flexibility index (Phi) is 4.36. The quantitative estimate of drug-likeness (QED) is 0.908. The molecule has 0 radical (unpaired) electrons. The topological polar surface area (TPSA) is 45.2 Å². The number of benzene rings is 2. The zero-order valence-electron chi connectivity index (χ0n) is 14.2. The SMILES string of the molecule is Cc1ccc(Cl)cc1N1CCN(Cc2cc3c(cc2O)OCO3)CC1. The van der Waals surface area contributed by atoms with Gasteiger partial charge in [-0.25, -0.2) is 0 Å². The number of hydrogen-bond acceptors (Lipinski definition) is 5. The van der Waals surface area contributed by atoms with Gasteiger partial charge >= 0.3 is 0 Å². The fourth-order valence-corrected chi connectivity index (χ4v) is 3.58. The van der Waals surface area contributed by atoms with Crippen LogP contribution in [-0.4, -0.2) is 43.0 Å². The van der Waals surface area contributed by atoms with Gasteiger partial charge in [-0.05, 0) is 30.7 Å². The molecule has 0 aromatic heterocycles. The molecule has 2 heterocycles. The summed E-state index contributed by atoms with van der Waals surface area (Å²) in [7, 11) is 0. The molecule has 0 saturated carbocycles. The van der Waals surface area contributed by atoms with Crippen molar-refractivity contribution < 1.29 is 14.6 Å². The van der Waals surface area contributed by atoms with Crippen molar-refractivity contribution in [3.63, 3.8) is 0 Å². The van der Waals surface area contributed by atoms with Crippen LogP contribution < -0.4 is 14.4 Å². The van der Waals surface area contributed by atoms with Crippen LogP contribution in [0.25, 0.3) is 0 Å². The Hall–Kier alpha value is -2.11. The first-order chi connectivity index (χ1) is 12.1. The van der Waals surface area contributed by atoms with E-state index in [1.165, 1.54) is 11.3 Å². The summed E-state index contributed by atoms with van der Waals surface area (Å²) >= 11 is 6.15. The molecular formula is C19H21ClN2O3. The second-order valence-corrected chi connectivity index (χ2v) is 6.96. The number of piperazine rings is 1. The average Bonchev–Trinajstić information content (AvgIpc) is 3.05. The van der Waals surface area contributed by atoms with Crippen molar-refractivity contribution in [1.82, 2.24) is 4.90 Å². The first-order valence-corrected chi connectivity index (χ1v) is 8.83. The Morgan fingerprint density at radius 2 is 1.76 bits per heavy atom. The summed E-state index contributed by atoms with van der Waals surface area (Å²) in [5, 5.41) is 11.0. The van der Waals surface area contributed by atoms with E-state index in [1.807, 2.05) is 18.2 Å². The zero-order valence-corrected chi connectivity index (χ0v) is 14.9. The number of rotatable bonds is 3. The molecule has 25 heavy (non-hydrogen) atoms. The molecule has 2 aromatic carbocycles. The van der Waals surface area contributed by atoms with Gasteiger partial charge in [0.2, 0.25) is 6.79 Å². The minimum atomic E-state index is 0.218. The highest BCUT2D eigenvalue weighted by Gasteiger charge is 2.22. The molecule has 1 saturated heterocycles. The van der Waals surface area contributed by atoms with Crippen molar-refractivity contribution >= 4 is 17.3 Å². The highest BCUT2D eigenvalue weighted by Crippen LogP contribution is 2.38. The van der Waals surface area contributed by atoms with Crippen LogP contribution in [0.5, 0.6) is 17.2 Å². The molecule has 2 aromatic rings. The number of fused-ring (bicyclic) bond motifs is 1. The molecule has 0 atom stereocenters. The maximum atomic E-state index is 10.2. The van der Waals surface area contributed by atoms with E-state index in [1.54, 1.807) is 6.07 Å². The predicted octanol–water partition coefficient (Wildman–Crippen LogP) is 3.40. The van der Waals surface area contributed by atoms with E-state index >= 15 is 0 Å². The van der Waals surface area contributed by atoms with Crippen molar-refractivity contribution in [2.45, 2.75) is 13.5 Å². The van der Waals surface area contributed by atoms with Crippen molar-refractivity contribution in [3.05, 3.63) is 46.5 Å². The summed E-state index contributed by atoms with van der Waals surface area (Å²) in [6.45, 7) is 6.77. The molecule has 1 N–H and O–H groups in total. The van der Waals surface area contributed by atoms with Gasteiger partial charge < -0.3 is 19.5 Å². The molecule has 2 aliphatic rings. The van der Waals surface area contributed by atoms with Crippen molar-refractivity contribution in [1.29, 1.82) is 0 Å². The number of phenols is 1. The van der Waals surface area contributed by atoms with Gasteiger partial charge in [0.1, 0.15) is 5.75 Å². The largest absolute Gasteiger partial charge is 0.507 e. The lowest BCUT2D eigenvalue weighted by atomic mass is 10.1. The molecule has 5 nitrogen and oxygen atoms in total. The van der Waals surface area contributed by atoms with Gasteiger partial charge in [0.25, 0.3) is 0 Å². The van der Waals surface area contributed by atoms with Gasteiger partial charge in [-0.15, -0.1) is 0 Å². The smallest absolute Gasteiger partial charge is 0.231 e. The van der Waals surface area contributed by atoms with Gasteiger partial charge in [0, 0.05) is 55.1 Å². The number of phenolic OH excluding ortho intramolecular Hbond substituents is 1. The highest BCUT2D eigenvalue weighted by atomic mass is 35.5. The third-order valence-electron chi connectivity index (χ3n) is 4.85. The molecule has 132 valence electrons. The van der Waals surface area contributed by atoms with E-state index in [0.29, 0.717) is 18.0 Å². The molecule has 2 aliphatic heterocycles. The monoisotopic (exact) mass is 360 g/mol. The highest BCUT2D eigenvalue weighted by molar-refractivity contribution is 6.30. The third kappa shape index (κ3) is 3.34. The van der Waals surface area contributed by atoms with Crippen LogP contribution in [0.3, 0.4) is 0 Å². The van der Waals surface area contributed by atoms with E-state index in [-0.39, 0.29) is 12.5 Å². The Morgan fingerprint density at radius 3 is 2.52 bits per heavy atom. The number of nitrogens with zero attached hydrogens (tertiary/aromatic N) is 2. The Balaban J connectivity index is 1.42. The van der Waals surface area contributed by atoms with Crippen LogP contribution in [0.4, 0.5) is 5.69 Å². The first kappa shape index (κ1) is 16.4. The molecule has 0 unspecified atom stereocenters. The summed E-state index contributed by atoms with van der Waals surface area (Å²) in [6.07, 6.45) is 0. The van der Waals surface area contributed by atoms with Gasteiger partial charge in [-0.1, -0.05) is 17.7 Å². The van der Waals surface area contributed by atoms with Crippen LogP contribution in [0.2, 0.25) is 5.02 Å². The van der Waals surface area contributed by atoms with Gasteiger partial charge in [0.05, 0.1) is 0 Å². The van der Waals surface area contributed by atoms with Crippen LogP contribution in [0, 0.1) is 6.92 Å². The van der Waals surface area contributed by atoms with Gasteiger partial charge in [0.15, 0.2) is 11.5 Å². The maximum absolute atomic E-state index is 10.2. The van der Waals surface area contributed by atoms with E-state index in [0.717, 1.165) is 36.8 Å². The summed E-state index contributed by atoms with van der Waals surface area (Å²) in [5.74, 6) is 1.58. The molecule has 0 bridgehead atoms. The number of aromatic hydroxyl groups is 1. The lowest BCUT2D eigenvalue weighted by Crippen LogP contribution is -2.46. The van der Waals surface area contributed by atoms with E-state index in [9.17, 15) is 5.11 Å². The van der Waals surface area contributed by atoms with Crippen LogP contribution in [0.15, 0.2) is 30.3 Å². The van der Waals surface area contributed by atoms with E-state index in [2.05, 4.69) is 22.8 Å². The summed E-state index contributed by atoms with van der Waals surface area (Å²) in [5.41, 5.74) is 3.32. The number of aryl methyl sites for hydroxylation is 1. The number of hydrogen-bond donors (Lipinski definition) is 1. The number of anilines is 1. The third-order valence-corrected chi connectivity index (χ3v) is 5.09. The fourth-order valence-electron chi connectivity index (χ4n) is 3.41. The maximum Gasteiger partial charge on any atom is 0.231 e. The van der Waals surface area contributed by atoms with Gasteiger partial charge in [-0.2, -0.15) is 0 Å². The molecule has 0 aliphatic carbocycles. The van der Waals surface area contributed by atoms with Crippen molar-refractivity contribution in [2.24, 2.45) is 0 Å². The number of halogens is 1. The summed E-state index contributed by atoms with van der Waals surface area (Å²) < 4.78 is 10.7. The van der Waals surface area contributed by atoms with E-state index < -0.39 is 0 Å². The Morgan fingerprint density at radius 1 is 1.04 bits per heavy atom. The second kappa shape index (κ2) is 6.65. The second-order valence-electron chi connectivity index (χ2n) is 6.53. The van der Waals surface area contributed by atoms with E-state index in [4.69, 9.17) is 21.1 Å². The normalized spacial score (nSPS) is 17.1. The Bertz CT molecular complexity index is 788. The lowest BCUT2D eigenvalue weighted by Gasteiger charge is -2.37. The molecule has 0 spiro atoms. The van der Waals surface area contributed by atoms with Gasteiger partial charge in [-0.3, -0.25) is 4.90 Å². The summed E-state index contributed by atoms with van der Waals surface area (Å²) in [6, 6.07) is 9.55. The number of ether oxygens (including phenoxy) is 2. The summed E-state index contributed by atoms with van der Waals surface area (Å²) in [4.78, 5) is 4.71. The zero-order chi connectivity index (χ0) is 17.4. The molecule has 1 fully saturated rings. The standard InChI is InChI=1S/C19H21ClN2O3/c1-13-2-3-15(20)9-16(13)22-6-4-21(5-7-22)11-14-8-18-19(10-17(14)23)25-12-24-18/h2-3,8-10,23H,4-7,11-12H2,1H3. The Labute approximate surface area is 152 Å². The first-order valence-electron chi connectivity index (χ1n) is 8.45. The minimum absolute atomic E-state index is 0.218. The van der Waals surface area contributed by atoms with Crippen LogP contribution in [0.1, 0.15) is 11.1 Å². The average molecular weight is 361 g/mol. The molecule has 0 amide bonds. The lowest BCUT2D eigenvalue weighted by molar-refractivity contribution is 0.173. The fraction of sp³-hybridized carbons (Fsp3) is 0.368. The van der Waals surface area contributed by atoms with Crippen LogP contribution in [-0.2, 0) is 6.54 Å². The molecular weight excluding hydrogens is 340 g/mol. The minimum Gasteiger partial charge on any atom is -0.507 e. The van der Waals surface area contributed by atoms with Crippen LogP contribution >= 0.6 is 11.6 Å². The predicted molar refractivity (Wildman–Crippen MR) is 97.9 cm³/mol. The molecule has 6 heteroatoms.